The van der Waals surface area contributed by atoms with Crippen LogP contribution in [0.25, 0.3) is 0 Å². The molecule has 0 aromatic heterocycles. The van der Waals surface area contributed by atoms with Crippen molar-refractivity contribution in [1.29, 1.82) is 0 Å². The van der Waals surface area contributed by atoms with Crippen molar-refractivity contribution >= 4 is 42.3 Å². The molecule has 2 aliphatic heterocycles. The van der Waals surface area contributed by atoms with Gasteiger partial charge in [-0.3, -0.25) is 14.5 Å². The molecule has 3 rings (SSSR count). The van der Waals surface area contributed by atoms with Crippen LogP contribution in [0.15, 0.2) is 24.3 Å². The van der Waals surface area contributed by atoms with Crippen LogP contribution in [-0.4, -0.2) is 71.8 Å². The van der Waals surface area contributed by atoms with Gasteiger partial charge in [-0.15, -0.1) is 24.8 Å². The molecule has 0 bridgehead atoms. The Morgan fingerprint density at radius 3 is 2.08 bits per heavy atom. The molecule has 1 unspecified atom stereocenters. The van der Waals surface area contributed by atoms with E-state index in [0.717, 1.165) is 39.0 Å². The average molecular weight is 403 g/mol. The molecule has 6 nitrogen and oxygen atoms in total. The van der Waals surface area contributed by atoms with Crippen molar-refractivity contribution in [3.8, 4) is 0 Å². The highest BCUT2D eigenvalue weighted by Crippen LogP contribution is 2.17. The fourth-order valence-corrected chi connectivity index (χ4v) is 3.53. The van der Waals surface area contributed by atoms with Crippen molar-refractivity contribution in [3.63, 3.8) is 0 Å². The van der Waals surface area contributed by atoms with Crippen molar-refractivity contribution < 1.29 is 9.59 Å². The predicted octanol–water partition coefficient (Wildman–Crippen LogP) is 1.88. The van der Waals surface area contributed by atoms with E-state index in [0.29, 0.717) is 24.3 Å². The lowest BCUT2D eigenvalue weighted by molar-refractivity contribution is -0.135. The number of nitrogens with zero attached hydrogens (tertiary/aromatic N) is 3. The van der Waals surface area contributed by atoms with Crippen LogP contribution in [0.1, 0.15) is 30.1 Å². The Balaban J connectivity index is 0.00000169. The summed E-state index contributed by atoms with van der Waals surface area (Å²) in [5.74, 6) is 0.200. The molecule has 2 N–H and O–H groups in total. The quantitative estimate of drug-likeness (QED) is 0.783. The van der Waals surface area contributed by atoms with Crippen molar-refractivity contribution in [3.05, 3.63) is 29.8 Å². The SMILES string of the molecule is CC(C(=O)N1CCCC1)N1CCN(C(=O)c2ccccc2N)CC1.Cl.Cl. The van der Waals surface area contributed by atoms with Crippen LogP contribution >= 0.6 is 24.8 Å². The van der Waals surface area contributed by atoms with Crippen LogP contribution < -0.4 is 5.73 Å². The van der Waals surface area contributed by atoms with E-state index in [1.165, 1.54) is 0 Å². The van der Waals surface area contributed by atoms with Crippen LogP contribution in [0.4, 0.5) is 5.69 Å². The number of rotatable bonds is 3. The number of carbonyl (C=O) groups is 2. The van der Waals surface area contributed by atoms with Crippen LogP contribution in [0.3, 0.4) is 0 Å². The number of hydrogen-bond donors (Lipinski definition) is 1. The number of piperazine rings is 1. The number of nitrogen functional groups attached to an aromatic ring is 1. The molecule has 2 amide bonds. The normalized spacial score (nSPS) is 18.7. The van der Waals surface area contributed by atoms with Crippen molar-refractivity contribution in [1.82, 2.24) is 14.7 Å². The summed E-state index contributed by atoms with van der Waals surface area (Å²) in [7, 11) is 0. The molecule has 2 aliphatic rings. The van der Waals surface area contributed by atoms with Gasteiger partial charge in [0.25, 0.3) is 5.91 Å². The summed E-state index contributed by atoms with van der Waals surface area (Å²) in [5, 5.41) is 0. The summed E-state index contributed by atoms with van der Waals surface area (Å²) >= 11 is 0. The van der Waals surface area contributed by atoms with Gasteiger partial charge in [-0.1, -0.05) is 12.1 Å². The molecule has 146 valence electrons. The molecular formula is C18H28Cl2N4O2. The second kappa shape index (κ2) is 10.00. The summed E-state index contributed by atoms with van der Waals surface area (Å²) in [5.41, 5.74) is 6.98. The lowest BCUT2D eigenvalue weighted by Gasteiger charge is -2.38. The van der Waals surface area contributed by atoms with E-state index in [1.54, 1.807) is 12.1 Å². The Hall–Kier alpha value is -1.50. The van der Waals surface area contributed by atoms with Gasteiger partial charge in [0.05, 0.1) is 11.6 Å². The molecule has 0 aliphatic carbocycles. The fourth-order valence-electron chi connectivity index (χ4n) is 3.53. The molecule has 2 heterocycles. The second-order valence-corrected chi connectivity index (χ2v) is 6.62. The third-order valence-corrected chi connectivity index (χ3v) is 5.12. The second-order valence-electron chi connectivity index (χ2n) is 6.62. The molecule has 8 heteroatoms. The number of amides is 2. The Bertz CT molecular complexity index is 615. The van der Waals surface area contributed by atoms with E-state index in [1.807, 2.05) is 28.9 Å². The maximum Gasteiger partial charge on any atom is 0.256 e. The zero-order chi connectivity index (χ0) is 17.1. The molecule has 2 fully saturated rings. The number of anilines is 1. The number of hydrogen-bond acceptors (Lipinski definition) is 4. The summed E-state index contributed by atoms with van der Waals surface area (Å²) in [4.78, 5) is 31.1. The number of nitrogens with two attached hydrogens (primary N) is 1. The fraction of sp³-hybridized carbons (Fsp3) is 0.556. The van der Waals surface area contributed by atoms with Crippen LogP contribution in [0.2, 0.25) is 0 Å². The number of benzene rings is 1. The zero-order valence-electron chi connectivity index (χ0n) is 15.1. The summed E-state index contributed by atoms with van der Waals surface area (Å²) in [6, 6.07) is 7.07. The van der Waals surface area contributed by atoms with Gasteiger partial charge < -0.3 is 15.5 Å². The first-order valence-corrected chi connectivity index (χ1v) is 8.74. The van der Waals surface area contributed by atoms with E-state index in [-0.39, 0.29) is 42.7 Å². The smallest absolute Gasteiger partial charge is 0.256 e. The average Bonchev–Trinajstić information content (AvgIpc) is 3.15. The van der Waals surface area contributed by atoms with E-state index in [4.69, 9.17) is 5.73 Å². The predicted molar refractivity (Wildman–Crippen MR) is 108 cm³/mol. The van der Waals surface area contributed by atoms with Crippen LogP contribution in [0, 0.1) is 0 Å². The number of halogens is 2. The van der Waals surface area contributed by atoms with Crippen LogP contribution in [-0.2, 0) is 4.79 Å². The number of likely N-dealkylation sites (tertiary alicyclic amines) is 1. The van der Waals surface area contributed by atoms with Gasteiger partial charge in [-0.05, 0) is 31.9 Å². The van der Waals surface area contributed by atoms with Gasteiger partial charge >= 0.3 is 0 Å². The van der Waals surface area contributed by atoms with Gasteiger partial charge in [0.1, 0.15) is 0 Å². The van der Waals surface area contributed by atoms with E-state index in [9.17, 15) is 9.59 Å². The largest absolute Gasteiger partial charge is 0.398 e. The first kappa shape index (κ1) is 22.5. The first-order chi connectivity index (χ1) is 11.6. The number of para-hydroxylation sites is 1. The Kier molecular flexibility index (Phi) is 8.67. The number of carbonyl (C=O) groups excluding carboxylic acids is 2. The molecule has 0 radical (unpaired) electrons. The molecule has 26 heavy (non-hydrogen) atoms. The molecule has 1 aromatic carbocycles. The Labute approximate surface area is 167 Å². The Morgan fingerprint density at radius 1 is 0.923 bits per heavy atom. The maximum atomic E-state index is 12.6. The first-order valence-electron chi connectivity index (χ1n) is 8.74. The van der Waals surface area contributed by atoms with Crippen molar-refractivity contribution in [2.24, 2.45) is 0 Å². The molecule has 0 spiro atoms. The van der Waals surface area contributed by atoms with Gasteiger partial charge in [0.2, 0.25) is 5.91 Å². The Morgan fingerprint density at radius 2 is 1.50 bits per heavy atom. The monoisotopic (exact) mass is 402 g/mol. The molecule has 2 saturated heterocycles. The highest BCUT2D eigenvalue weighted by Gasteiger charge is 2.31. The maximum absolute atomic E-state index is 12.6. The van der Waals surface area contributed by atoms with Gasteiger partial charge in [0, 0.05) is 45.0 Å². The van der Waals surface area contributed by atoms with Gasteiger partial charge in [-0.25, -0.2) is 0 Å². The summed E-state index contributed by atoms with van der Waals surface area (Å²) in [6.45, 7) is 6.45. The van der Waals surface area contributed by atoms with E-state index >= 15 is 0 Å². The van der Waals surface area contributed by atoms with E-state index < -0.39 is 0 Å². The molecule has 1 atom stereocenters. The molecular weight excluding hydrogens is 375 g/mol. The lowest BCUT2D eigenvalue weighted by atomic mass is 10.1. The minimum absolute atomic E-state index is 0. The third-order valence-electron chi connectivity index (χ3n) is 5.12. The minimum atomic E-state index is -0.109. The van der Waals surface area contributed by atoms with E-state index in [2.05, 4.69) is 4.90 Å². The highest BCUT2D eigenvalue weighted by atomic mass is 35.5. The van der Waals surface area contributed by atoms with Crippen molar-refractivity contribution in [2.75, 3.05) is 45.0 Å². The zero-order valence-corrected chi connectivity index (χ0v) is 16.7. The van der Waals surface area contributed by atoms with Crippen molar-refractivity contribution in [2.45, 2.75) is 25.8 Å². The standard InChI is InChI=1S/C18H26N4O2.2ClH/c1-14(17(23)21-8-4-5-9-21)20-10-12-22(13-11-20)18(24)15-6-2-3-7-16(15)19;;/h2-3,6-7,14H,4-5,8-13,19H2,1H3;2*1H. The van der Waals surface area contributed by atoms with Gasteiger partial charge in [0.15, 0.2) is 0 Å². The van der Waals surface area contributed by atoms with Crippen LogP contribution in [0.5, 0.6) is 0 Å². The van der Waals surface area contributed by atoms with Gasteiger partial charge in [-0.2, -0.15) is 0 Å². The minimum Gasteiger partial charge on any atom is -0.398 e. The summed E-state index contributed by atoms with van der Waals surface area (Å²) < 4.78 is 0. The third kappa shape index (κ3) is 4.81. The molecule has 0 saturated carbocycles. The topological polar surface area (TPSA) is 69.9 Å². The highest BCUT2D eigenvalue weighted by molar-refractivity contribution is 5.99. The summed E-state index contributed by atoms with van der Waals surface area (Å²) in [6.07, 6.45) is 2.22. The lowest BCUT2D eigenvalue weighted by Crippen LogP contribution is -2.55. The molecule has 1 aromatic rings.